The van der Waals surface area contributed by atoms with Gasteiger partial charge in [0.1, 0.15) is 11.4 Å². The maximum Gasteiger partial charge on any atom is 0.490 e. The van der Waals surface area contributed by atoms with Crippen LogP contribution >= 0.6 is 0 Å². The summed E-state index contributed by atoms with van der Waals surface area (Å²) in [7, 11) is 3.80. The number of pyridine rings is 1. The van der Waals surface area contributed by atoms with E-state index in [4.69, 9.17) is 9.47 Å². The van der Waals surface area contributed by atoms with Crippen molar-refractivity contribution in [3.8, 4) is 11.6 Å². The zero-order valence-electron chi connectivity index (χ0n) is 27.1. The van der Waals surface area contributed by atoms with Gasteiger partial charge in [0.2, 0.25) is 5.88 Å². The van der Waals surface area contributed by atoms with E-state index in [-0.39, 0.29) is 17.5 Å². The van der Waals surface area contributed by atoms with Crippen molar-refractivity contribution >= 4 is 28.8 Å². The summed E-state index contributed by atoms with van der Waals surface area (Å²) in [4.78, 5) is 39.5. The van der Waals surface area contributed by atoms with Crippen LogP contribution < -0.4 is 9.47 Å². The Labute approximate surface area is 264 Å². The predicted octanol–water partition coefficient (Wildman–Crippen LogP) is 6.64. The molecule has 0 bridgehead atoms. The van der Waals surface area contributed by atoms with Gasteiger partial charge in [-0.15, -0.1) is 0 Å². The lowest BCUT2D eigenvalue weighted by Gasteiger charge is -2.18. The third kappa shape index (κ3) is 8.43. The first-order valence-electron chi connectivity index (χ1n) is 14.5. The summed E-state index contributed by atoms with van der Waals surface area (Å²) >= 11 is 0. The molecule has 14 heteroatoms. The Balaban J connectivity index is 0.000000643. The molecule has 0 atom stereocenters. The van der Waals surface area contributed by atoms with Crippen molar-refractivity contribution in [2.75, 3.05) is 21.3 Å². The molecule has 46 heavy (non-hydrogen) atoms. The molecule has 0 saturated carbocycles. The highest BCUT2D eigenvalue weighted by Crippen LogP contribution is 2.31. The molecule has 0 saturated heterocycles. The summed E-state index contributed by atoms with van der Waals surface area (Å²) < 4.78 is 50.6. The second-order valence-corrected chi connectivity index (χ2v) is 9.56. The molecule has 1 aromatic carbocycles. The molecule has 0 aliphatic carbocycles. The number of aromatic carboxylic acids is 1. The highest BCUT2D eigenvalue weighted by atomic mass is 19.4. The van der Waals surface area contributed by atoms with Crippen LogP contribution in [0.4, 0.5) is 13.2 Å². The average Bonchev–Trinajstić information content (AvgIpc) is 3.60. The average molecular weight is 649 g/mol. The molecule has 4 rings (SSSR count). The minimum absolute atomic E-state index is 0.00825. The summed E-state index contributed by atoms with van der Waals surface area (Å²) in [6.45, 7) is 10.3. The van der Waals surface area contributed by atoms with Gasteiger partial charge in [0.05, 0.1) is 45.2 Å². The molecule has 0 spiro atoms. The minimum Gasteiger partial charge on any atom is -0.497 e. The van der Waals surface area contributed by atoms with Gasteiger partial charge in [-0.05, 0) is 56.2 Å². The standard InChI is InChI=1S/C27H30N4O5.C3H3F3O2.C2H6/c1-6-18(7-2)31-19(14-22(29-31)27(33)34)15-30-16(3)24(21-12-13-23(36-5)28-26(21)30)25(32)17-8-10-20(35-4)11-9-17;1-8-2(7)3(4,5)6;1-2/h8-14,18H,6-7,15H2,1-5H3,(H,33,34);1H3;1-2H3. The number of fused-ring (bicyclic) bond motifs is 1. The molecular formula is C32H39F3N4O7. The Hall–Kier alpha value is -4.88. The van der Waals surface area contributed by atoms with Crippen molar-refractivity contribution < 1.29 is 46.9 Å². The topological polar surface area (TPSA) is 135 Å². The third-order valence-corrected chi connectivity index (χ3v) is 6.99. The SMILES string of the molecule is CC.CCC(CC)n1nc(C(=O)O)cc1Cn1c(C)c(C(=O)c2ccc(OC)cc2)c2ccc(OC)nc21.COC(=O)C(F)(F)F. The third-order valence-electron chi connectivity index (χ3n) is 6.99. The van der Waals surface area contributed by atoms with Crippen LogP contribution in [0.3, 0.4) is 0 Å². The maximum absolute atomic E-state index is 13.7. The van der Waals surface area contributed by atoms with Gasteiger partial charge in [-0.1, -0.05) is 27.7 Å². The lowest BCUT2D eigenvalue weighted by atomic mass is 10.0. The molecule has 0 amide bonds. The van der Waals surface area contributed by atoms with Crippen molar-refractivity contribution in [2.45, 2.75) is 66.2 Å². The molecule has 250 valence electrons. The fourth-order valence-corrected chi connectivity index (χ4v) is 4.69. The second-order valence-electron chi connectivity index (χ2n) is 9.56. The van der Waals surface area contributed by atoms with E-state index in [1.165, 1.54) is 0 Å². The Morgan fingerprint density at radius 1 is 0.957 bits per heavy atom. The summed E-state index contributed by atoms with van der Waals surface area (Å²) in [5.74, 6) is -2.29. The Morgan fingerprint density at radius 3 is 2.02 bits per heavy atom. The molecule has 0 radical (unpaired) electrons. The van der Waals surface area contributed by atoms with E-state index in [2.05, 4.69) is 28.7 Å². The van der Waals surface area contributed by atoms with Crippen LogP contribution in [-0.2, 0) is 16.1 Å². The van der Waals surface area contributed by atoms with Crippen molar-refractivity contribution in [1.29, 1.82) is 0 Å². The number of methoxy groups -OCH3 is 3. The number of carbonyl (C=O) groups excluding carboxylic acids is 2. The number of rotatable bonds is 10. The van der Waals surface area contributed by atoms with E-state index >= 15 is 0 Å². The number of hydrogen-bond acceptors (Lipinski definition) is 8. The lowest BCUT2D eigenvalue weighted by molar-refractivity contribution is -0.196. The molecular weight excluding hydrogens is 609 g/mol. The number of carbonyl (C=O) groups is 3. The number of carboxylic acid groups (broad SMARTS) is 1. The van der Waals surface area contributed by atoms with Gasteiger partial charge in [-0.2, -0.15) is 23.3 Å². The fourth-order valence-electron chi connectivity index (χ4n) is 4.69. The maximum atomic E-state index is 13.7. The van der Waals surface area contributed by atoms with Gasteiger partial charge in [0.15, 0.2) is 11.5 Å². The quantitative estimate of drug-likeness (QED) is 0.148. The largest absolute Gasteiger partial charge is 0.497 e. The van der Waals surface area contributed by atoms with Crippen LogP contribution in [0, 0.1) is 6.92 Å². The predicted molar refractivity (Wildman–Crippen MR) is 165 cm³/mol. The fraction of sp³-hybridized carbons (Fsp3) is 0.406. The zero-order chi connectivity index (χ0) is 34.8. The van der Waals surface area contributed by atoms with E-state index in [0.29, 0.717) is 47.4 Å². The van der Waals surface area contributed by atoms with Crippen LogP contribution in [0.2, 0.25) is 0 Å². The first-order valence-corrected chi connectivity index (χ1v) is 14.5. The molecule has 11 nitrogen and oxygen atoms in total. The second kappa shape index (κ2) is 16.4. The van der Waals surface area contributed by atoms with Gasteiger partial charge >= 0.3 is 18.1 Å². The summed E-state index contributed by atoms with van der Waals surface area (Å²) in [5.41, 5.74) is 3.10. The first kappa shape index (κ1) is 37.3. The van der Waals surface area contributed by atoms with Crippen LogP contribution in [0.5, 0.6) is 11.6 Å². The zero-order valence-corrected chi connectivity index (χ0v) is 27.1. The smallest absolute Gasteiger partial charge is 0.490 e. The van der Waals surface area contributed by atoms with E-state index in [0.717, 1.165) is 24.2 Å². The number of ether oxygens (including phenoxy) is 3. The summed E-state index contributed by atoms with van der Waals surface area (Å²) in [6.07, 6.45) is -3.24. The Bertz CT molecular complexity index is 1640. The van der Waals surface area contributed by atoms with Crippen LogP contribution in [-0.4, -0.2) is 69.7 Å². The first-order chi connectivity index (χ1) is 21.8. The highest BCUT2D eigenvalue weighted by Gasteiger charge is 2.40. The number of hydrogen-bond donors (Lipinski definition) is 1. The summed E-state index contributed by atoms with van der Waals surface area (Å²) in [6, 6.07) is 12.2. The van der Waals surface area contributed by atoms with Gasteiger partial charge < -0.3 is 23.9 Å². The molecule has 0 unspecified atom stereocenters. The normalized spacial score (nSPS) is 10.9. The molecule has 3 heterocycles. The van der Waals surface area contributed by atoms with Gasteiger partial charge in [-0.3, -0.25) is 9.48 Å². The van der Waals surface area contributed by atoms with Crippen molar-refractivity contribution in [3.63, 3.8) is 0 Å². The molecule has 0 fully saturated rings. The van der Waals surface area contributed by atoms with Crippen LogP contribution in [0.15, 0.2) is 42.5 Å². The number of halogens is 3. The van der Waals surface area contributed by atoms with Crippen LogP contribution in [0.25, 0.3) is 11.0 Å². The highest BCUT2D eigenvalue weighted by molar-refractivity contribution is 6.17. The molecule has 0 aliphatic heterocycles. The minimum atomic E-state index is -4.85. The van der Waals surface area contributed by atoms with Gasteiger partial charge in [0, 0.05) is 22.7 Å². The summed E-state index contributed by atoms with van der Waals surface area (Å²) in [5, 5.41) is 14.7. The van der Waals surface area contributed by atoms with Crippen molar-refractivity contribution in [2.24, 2.45) is 0 Å². The number of nitrogens with zero attached hydrogens (tertiary/aromatic N) is 4. The van der Waals surface area contributed by atoms with Crippen molar-refractivity contribution in [3.05, 3.63) is 70.7 Å². The van der Waals surface area contributed by atoms with Crippen molar-refractivity contribution in [1.82, 2.24) is 19.3 Å². The number of alkyl halides is 3. The van der Waals surface area contributed by atoms with E-state index in [9.17, 15) is 32.7 Å². The number of esters is 1. The molecule has 1 N–H and O–H groups in total. The number of benzene rings is 1. The van der Waals surface area contributed by atoms with Crippen LogP contribution in [0.1, 0.15) is 84.4 Å². The Kier molecular flexibility index (Phi) is 13.3. The molecule has 3 aromatic heterocycles. The van der Waals surface area contributed by atoms with E-state index in [1.807, 2.05) is 31.4 Å². The van der Waals surface area contributed by atoms with Gasteiger partial charge in [0.25, 0.3) is 0 Å². The molecule has 4 aromatic rings. The number of carboxylic acids is 1. The van der Waals surface area contributed by atoms with Gasteiger partial charge in [-0.25, -0.2) is 9.59 Å². The molecule has 0 aliphatic rings. The van der Waals surface area contributed by atoms with E-state index in [1.54, 1.807) is 55.3 Å². The van der Waals surface area contributed by atoms with E-state index < -0.39 is 18.1 Å². The monoisotopic (exact) mass is 648 g/mol. The number of ketones is 1. The lowest BCUT2D eigenvalue weighted by Crippen LogP contribution is -2.23. The number of aromatic nitrogens is 4. The Morgan fingerprint density at radius 2 is 1.57 bits per heavy atom.